The van der Waals surface area contributed by atoms with Crippen molar-refractivity contribution in [3.8, 4) is 5.95 Å². The second-order valence-corrected chi connectivity index (χ2v) is 7.56. The van der Waals surface area contributed by atoms with Gasteiger partial charge in [-0.25, -0.2) is 14.0 Å². The Kier molecular flexibility index (Phi) is 4.84. The summed E-state index contributed by atoms with van der Waals surface area (Å²) in [4.78, 5) is 42.1. The van der Waals surface area contributed by atoms with Gasteiger partial charge in [0.15, 0.2) is 11.2 Å². The molecule has 0 bridgehead atoms. The Morgan fingerprint density at radius 1 is 1.06 bits per heavy atom. The van der Waals surface area contributed by atoms with Crippen LogP contribution >= 0.6 is 0 Å². The van der Waals surface area contributed by atoms with Gasteiger partial charge in [-0.2, -0.15) is 10.1 Å². The molecule has 31 heavy (non-hydrogen) atoms. The van der Waals surface area contributed by atoms with Crippen molar-refractivity contribution in [1.82, 2.24) is 28.5 Å². The lowest BCUT2D eigenvalue weighted by Gasteiger charge is -2.11. The fourth-order valence-corrected chi connectivity index (χ4v) is 3.65. The van der Waals surface area contributed by atoms with Gasteiger partial charge in [0.25, 0.3) is 5.56 Å². The summed E-state index contributed by atoms with van der Waals surface area (Å²) in [6.45, 7) is 5.61. The minimum Gasteiger partial charge on any atom is -0.368 e. The molecular formula is C21H23N7O3. The van der Waals surface area contributed by atoms with Crippen molar-refractivity contribution in [2.75, 3.05) is 0 Å². The van der Waals surface area contributed by atoms with E-state index in [1.165, 1.54) is 11.6 Å². The highest BCUT2D eigenvalue weighted by Crippen LogP contribution is 2.21. The molecule has 3 aromatic heterocycles. The Hall–Kier alpha value is -3.95. The number of fused-ring (bicyclic) bond motifs is 1. The third-order valence-corrected chi connectivity index (χ3v) is 5.55. The zero-order valence-corrected chi connectivity index (χ0v) is 17.8. The van der Waals surface area contributed by atoms with Crippen molar-refractivity contribution < 1.29 is 4.79 Å². The SMILES string of the molecule is Cc1nn(-c2nc3c(c(=O)n(CC(N)=O)c(=O)n3C)n2Cc2ccccc2)c(C)c1C. The third-order valence-electron chi connectivity index (χ3n) is 5.55. The van der Waals surface area contributed by atoms with Crippen molar-refractivity contribution in [1.29, 1.82) is 0 Å². The molecule has 0 saturated carbocycles. The van der Waals surface area contributed by atoms with Crippen molar-refractivity contribution in [2.24, 2.45) is 12.8 Å². The van der Waals surface area contributed by atoms with Gasteiger partial charge in [-0.1, -0.05) is 30.3 Å². The maximum Gasteiger partial charge on any atom is 0.332 e. The molecular weight excluding hydrogens is 398 g/mol. The monoisotopic (exact) mass is 421 g/mol. The van der Waals surface area contributed by atoms with Gasteiger partial charge in [-0.15, -0.1) is 0 Å². The van der Waals surface area contributed by atoms with Gasteiger partial charge in [0.05, 0.1) is 12.2 Å². The number of carbonyl (C=O) groups is 1. The van der Waals surface area contributed by atoms with E-state index in [1.807, 2.05) is 51.1 Å². The van der Waals surface area contributed by atoms with Gasteiger partial charge < -0.3 is 5.73 Å². The molecule has 1 aromatic carbocycles. The molecule has 4 aromatic rings. The zero-order valence-electron chi connectivity index (χ0n) is 17.8. The number of nitrogens with zero attached hydrogens (tertiary/aromatic N) is 6. The van der Waals surface area contributed by atoms with Crippen molar-refractivity contribution in [3.05, 3.63) is 73.7 Å². The Balaban J connectivity index is 2.11. The number of imidazole rings is 1. The molecule has 0 fully saturated rings. The summed E-state index contributed by atoms with van der Waals surface area (Å²) in [5, 5.41) is 4.59. The number of aromatic nitrogens is 6. The summed E-state index contributed by atoms with van der Waals surface area (Å²) < 4.78 is 5.49. The van der Waals surface area contributed by atoms with Crippen LogP contribution in [0, 0.1) is 20.8 Å². The minimum atomic E-state index is -0.776. The van der Waals surface area contributed by atoms with Crippen LogP contribution in [0.25, 0.3) is 17.1 Å². The maximum absolute atomic E-state index is 13.3. The smallest absolute Gasteiger partial charge is 0.332 e. The van der Waals surface area contributed by atoms with E-state index in [4.69, 9.17) is 5.73 Å². The highest BCUT2D eigenvalue weighted by Gasteiger charge is 2.24. The first-order chi connectivity index (χ1) is 14.7. The van der Waals surface area contributed by atoms with Crippen LogP contribution in [-0.4, -0.2) is 34.4 Å². The van der Waals surface area contributed by atoms with Crippen LogP contribution in [0.1, 0.15) is 22.5 Å². The van der Waals surface area contributed by atoms with Crippen LogP contribution in [0.5, 0.6) is 0 Å². The summed E-state index contributed by atoms with van der Waals surface area (Å²) in [5.74, 6) is -0.362. The van der Waals surface area contributed by atoms with E-state index in [0.717, 1.165) is 27.1 Å². The summed E-state index contributed by atoms with van der Waals surface area (Å²) in [5.41, 5.74) is 8.09. The summed E-state index contributed by atoms with van der Waals surface area (Å²) in [7, 11) is 1.51. The number of benzene rings is 1. The average molecular weight is 421 g/mol. The number of aryl methyl sites for hydroxylation is 2. The number of hydrogen-bond acceptors (Lipinski definition) is 5. The highest BCUT2D eigenvalue weighted by molar-refractivity contribution is 5.75. The minimum absolute atomic E-state index is 0.201. The molecule has 0 radical (unpaired) electrons. The van der Waals surface area contributed by atoms with E-state index >= 15 is 0 Å². The second kappa shape index (κ2) is 7.38. The lowest BCUT2D eigenvalue weighted by molar-refractivity contribution is -0.118. The van der Waals surface area contributed by atoms with Gasteiger partial charge in [0.1, 0.15) is 6.54 Å². The Labute approximate surface area is 177 Å². The molecule has 0 unspecified atom stereocenters. The van der Waals surface area contributed by atoms with Crippen molar-refractivity contribution >= 4 is 17.1 Å². The Morgan fingerprint density at radius 3 is 2.32 bits per heavy atom. The van der Waals surface area contributed by atoms with E-state index in [1.54, 1.807) is 9.25 Å². The quantitative estimate of drug-likeness (QED) is 0.504. The van der Waals surface area contributed by atoms with E-state index < -0.39 is 23.7 Å². The predicted molar refractivity (Wildman–Crippen MR) is 115 cm³/mol. The van der Waals surface area contributed by atoms with Crippen LogP contribution < -0.4 is 17.0 Å². The molecule has 10 heteroatoms. The number of primary amides is 1. The van der Waals surface area contributed by atoms with Gasteiger partial charge >= 0.3 is 5.69 Å². The van der Waals surface area contributed by atoms with Gasteiger partial charge in [-0.05, 0) is 31.9 Å². The van der Waals surface area contributed by atoms with E-state index in [-0.39, 0.29) is 11.2 Å². The standard InChI is InChI=1S/C21H23N7O3/c1-12-13(2)24-28(14(12)3)20-23-18-17(26(20)10-15-8-6-5-7-9-15)19(30)27(11-16(22)29)21(31)25(18)4/h5-9H,10-11H2,1-4H3,(H2,22,29). The normalized spacial score (nSPS) is 11.4. The molecule has 0 saturated heterocycles. The molecule has 3 heterocycles. The topological polar surface area (TPSA) is 123 Å². The predicted octanol–water partition coefficient (Wildman–Crippen LogP) is 0.541. The van der Waals surface area contributed by atoms with Crippen LogP contribution in [0.3, 0.4) is 0 Å². The summed E-state index contributed by atoms with van der Waals surface area (Å²) >= 11 is 0. The number of amides is 1. The lowest BCUT2D eigenvalue weighted by atomic mass is 10.2. The first kappa shape index (κ1) is 20.3. The van der Waals surface area contributed by atoms with Crippen LogP contribution in [0.15, 0.2) is 39.9 Å². The van der Waals surface area contributed by atoms with E-state index in [9.17, 15) is 14.4 Å². The molecule has 0 aliphatic heterocycles. The van der Waals surface area contributed by atoms with Crippen LogP contribution in [0.2, 0.25) is 0 Å². The van der Waals surface area contributed by atoms with Gasteiger partial charge in [0.2, 0.25) is 11.9 Å². The maximum atomic E-state index is 13.3. The third kappa shape index (κ3) is 3.25. The summed E-state index contributed by atoms with van der Waals surface area (Å²) in [6, 6.07) is 9.59. The van der Waals surface area contributed by atoms with Gasteiger partial charge in [-0.3, -0.25) is 18.7 Å². The van der Waals surface area contributed by atoms with Crippen LogP contribution in [0.4, 0.5) is 0 Å². The van der Waals surface area contributed by atoms with Gasteiger partial charge in [0, 0.05) is 12.7 Å². The fourth-order valence-electron chi connectivity index (χ4n) is 3.65. The molecule has 4 rings (SSSR count). The second-order valence-electron chi connectivity index (χ2n) is 7.56. The first-order valence-corrected chi connectivity index (χ1v) is 9.76. The van der Waals surface area contributed by atoms with Crippen molar-refractivity contribution in [3.63, 3.8) is 0 Å². The molecule has 2 N–H and O–H groups in total. The molecule has 10 nitrogen and oxygen atoms in total. The van der Waals surface area contributed by atoms with E-state index in [2.05, 4.69) is 10.1 Å². The molecule has 0 aliphatic carbocycles. The first-order valence-electron chi connectivity index (χ1n) is 9.76. The molecule has 1 amide bonds. The Morgan fingerprint density at radius 2 is 1.74 bits per heavy atom. The zero-order chi connectivity index (χ0) is 22.4. The van der Waals surface area contributed by atoms with Crippen molar-refractivity contribution in [2.45, 2.75) is 33.9 Å². The number of nitrogens with two attached hydrogens (primary N) is 1. The number of rotatable bonds is 5. The fraction of sp³-hybridized carbons (Fsp3) is 0.286. The largest absolute Gasteiger partial charge is 0.368 e. The number of hydrogen-bond donors (Lipinski definition) is 1. The average Bonchev–Trinajstić information content (AvgIpc) is 3.23. The molecule has 0 aliphatic rings. The lowest BCUT2D eigenvalue weighted by Crippen LogP contribution is -2.42. The van der Waals surface area contributed by atoms with Crippen LogP contribution in [-0.2, 0) is 24.9 Å². The molecule has 160 valence electrons. The Bertz CT molecular complexity index is 1440. The summed E-state index contributed by atoms with van der Waals surface area (Å²) in [6.07, 6.45) is 0. The highest BCUT2D eigenvalue weighted by atomic mass is 16.2. The molecule has 0 spiro atoms. The number of carbonyl (C=O) groups excluding carboxylic acids is 1. The molecule has 0 atom stereocenters. The van der Waals surface area contributed by atoms with E-state index in [0.29, 0.717) is 12.5 Å².